The molecule has 0 radical (unpaired) electrons. The molecule has 2 unspecified atom stereocenters. The monoisotopic (exact) mass is 278 g/mol. The Morgan fingerprint density at radius 3 is 2.32 bits per heavy atom. The van der Waals surface area contributed by atoms with Crippen LogP contribution in [0.4, 0.5) is 0 Å². The maximum Gasteiger partial charge on any atom is 0.129 e. The van der Waals surface area contributed by atoms with Gasteiger partial charge in [0.15, 0.2) is 0 Å². The van der Waals surface area contributed by atoms with Crippen LogP contribution in [0.5, 0.6) is 5.75 Å². The summed E-state index contributed by atoms with van der Waals surface area (Å²) in [5, 5.41) is 1.02. The van der Waals surface area contributed by atoms with Crippen LogP contribution in [0.1, 0.15) is 44.1 Å². The Morgan fingerprint density at radius 1 is 1.11 bits per heavy atom. The van der Waals surface area contributed by atoms with E-state index in [1.165, 1.54) is 18.4 Å². The molecule has 104 valence electrons. The molecule has 0 amide bonds. The minimum Gasteiger partial charge on any atom is -0.496 e. The maximum atomic E-state index is 13.8. The molecule has 0 saturated carbocycles. The number of rotatable bonds is 2. The van der Waals surface area contributed by atoms with Gasteiger partial charge < -0.3 is 9.30 Å². The first-order valence-electron chi connectivity index (χ1n) is 7.41. The van der Waals surface area contributed by atoms with Crippen LogP contribution in [0.3, 0.4) is 0 Å². The van der Waals surface area contributed by atoms with Crippen LogP contribution in [0.15, 0.2) is 18.2 Å². The van der Waals surface area contributed by atoms with Crippen molar-refractivity contribution in [3.05, 3.63) is 23.8 Å². The first kappa shape index (κ1) is 13.2. The van der Waals surface area contributed by atoms with Crippen LogP contribution in [0.25, 0.3) is 0 Å². The van der Waals surface area contributed by atoms with Crippen LogP contribution in [-0.4, -0.2) is 18.4 Å². The summed E-state index contributed by atoms with van der Waals surface area (Å²) in [6.07, 6.45) is 7.09. The van der Waals surface area contributed by atoms with E-state index in [0.717, 1.165) is 36.7 Å². The highest BCUT2D eigenvalue weighted by Gasteiger charge is 2.48. The predicted molar refractivity (Wildman–Crippen MR) is 80.2 cm³/mol. The second-order valence-electron chi connectivity index (χ2n) is 6.05. The van der Waals surface area contributed by atoms with E-state index >= 15 is 0 Å². The van der Waals surface area contributed by atoms with E-state index in [2.05, 4.69) is 19.1 Å². The van der Waals surface area contributed by atoms with Crippen LogP contribution in [0, 0.1) is 6.92 Å². The fourth-order valence-electron chi connectivity index (χ4n) is 3.97. The SMILES string of the molecule is COc1cc(C)ccc1P1(=O)C2CCCCC1CC2. The molecule has 2 bridgehead atoms. The van der Waals surface area contributed by atoms with Crippen LogP contribution in [0.2, 0.25) is 0 Å². The van der Waals surface area contributed by atoms with Crippen molar-refractivity contribution in [2.24, 2.45) is 0 Å². The van der Waals surface area contributed by atoms with Gasteiger partial charge in [-0.1, -0.05) is 18.9 Å². The number of ether oxygens (including phenoxy) is 1. The first-order chi connectivity index (χ1) is 9.16. The highest BCUT2D eigenvalue weighted by Crippen LogP contribution is 2.67. The topological polar surface area (TPSA) is 26.3 Å². The molecule has 2 saturated heterocycles. The van der Waals surface area contributed by atoms with E-state index < -0.39 is 7.14 Å². The molecule has 1 aromatic rings. The van der Waals surface area contributed by atoms with Crippen molar-refractivity contribution in [1.29, 1.82) is 0 Å². The van der Waals surface area contributed by atoms with Crippen molar-refractivity contribution in [2.45, 2.75) is 56.8 Å². The lowest BCUT2D eigenvalue weighted by atomic mass is 10.0. The predicted octanol–water partition coefficient (Wildman–Crippen LogP) is 4.10. The molecule has 2 aliphatic rings. The largest absolute Gasteiger partial charge is 0.496 e. The summed E-state index contributed by atoms with van der Waals surface area (Å²) < 4.78 is 19.3. The average molecular weight is 278 g/mol. The number of methoxy groups -OCH3 is 1. The fraction of sp³-hybridized carbons (Fsp3) is 0.625. The third kappa shape index (κ3) is 2.05. The van der Waals surface area contributed by atoms with Gasteiger partial charge in [0.1, 0.15) is 12.9 Å². The summed E-state index contributed by atoms with van der Waals surface area (Å²) in [6, 6.07) is 6.20. The smallest absolute Gasteiger partial charge is 0.129 e. The molecule has 3 rings (SSSR count). The molecule has 2 nitrogen and oxygen atoms in total. The summed E-state index contributed by atoms with van der Waals surface area (Å²) in [7, 11) is -0.581. The summed E-state index contributed by atoms with van der Waals surface area (Å²) in [5.41, 5.74) is 2.00. The normalized spacial score (nSPS) is 34.0. The molecule has 0 aromatic heterocycles. The van der Waals surface area contributed by atoms with Crippen molar-refractivity contribution in [2.75, 3.05) is 7.11 Å². The Kier molecular flexibility index (Phi) is 3.47. The molecule has 2 heterocycles. The van der Waals surface area contributed by atoms with E-state index in [4.69, 9.17) is 4.74 Å². The number of hydrogen-bond acceptors (Lipinski definition) is 2. The number of fused-ring (bicyclic) bond motifs is 2. The number of hydrogen-bond donors (Lipinski definition) is 0. The highest BCUT2D eigenvalue weighted by atomic mass is 31.2. The van der Waals surface area contributed by atoms with E-state index in [0.29, 0.717) is 11.3 Å². The van der Waals surface area contributed by atoms with Crippen LogP contribution < -0.4 is 10.0 Å². The molecule has 3 heteroatoms. The minimum absolute atomic E-state index is 0.414. The van der Waals surface area contributed by atoms with E-state index in [1.807, 2.05) is 6.07 Å². The second-order valence-corrected chi connectivity index (χ2v) is 9.42. The van der Waals surface area contributed by atoms with Gasteiger partial charge in [-0.2, -0.15) is 0 Å². The Labute approximate surface area is 115 Å². The maximum absolute atomic E-state index is 13.8. The van der Waals surface area contributed by atoms with E-state index in [1.54, 1.807) is 7.11 Å². The van der Waals surface area contributed by atoms with Gasteiger partial charge >= 0.3 is 0 Å². The zero-order valence-corrected chi connectivity index (χ0v) is 12.8. The van der Waals surface area contributed by atoms with Crippen molar-refractivity contribution in [1.82, 2.24) is 0 Å². The number of aryl methyl sites for hydroxylation is 1. The first-order valence-corrected chi connectivity index (χ1v) is 9.25. The molecular formula is C16H23O2P. The molecule has 0 N–H and O–H groups in total. The summed E-state index contributed by atoms with van der Waals surface area (Å²) in [4.78, 5) is 0. The van der Waals surface area contributed by atoms with E-state index in [9.17, 15) is 4.57 Å². The average Bonchev–Trinajstić information content (AvgIpc) is 2.58. The standard InChI is InChI=1S/C16H23O2P/c1-12-7-10-16(15(11-12)18-2)19(17)13-5-3-4-6-14(19)9-8-13/h7,10-11,13-14H,3-6,8-9H2,1-2H3. The van der Waals surface area contributed by atoms with Crippen molar-refractivity contribution < 1.29 is 9.30 Å². The van der Waals surface area contributed by atoms with Gasteiger partial charge in [-0.05, 0) is 50.3 Å². The molecule has 0 aliphatic carbocycles. The van der Waals surface area contributed by atoms with Gasteiger partial charge in [0.25, 0.3) is 0 Å². The molecule has 19 heavy (non-hydrogen) atoms. The van der Waals surface area contributed by atoms with Gasteiger partial charge in [0, 0.05) is 11.3 Å². The fourth-order valence-corrected chi connectivity index (χ4v) is 8.35. The van der Waals surface area contributed by atoms with E-state index in [-0.39, 0.29) is 0 Å². The molecule has 0 spiro atoms. The number of benzene rings is 1. The van der Waals surface area contributed by atoms with Crippen LogP contribution in [-0.2, 0) is 4.57 Å². The molecular weight excluding hydrogens is 255 g/mol. The van der Waals surface area contributed by atoms with Crippen molar-refractivity contribution in [3.63, 3.8) is 0 Å². The summed E-state index contributed by atoms with van der Waals surface area (Å²) in [6.45, 7) is 2.06. The summed E-state index contributed by atoms with van der Waals surface area (Å²) in [5.74, 6) is 0.849. The van der Waals surface area contributed by atoms with Crippen LogP contribution >= 0.6 is 7.14 Å². The second kappa shape index (κ2) is 4.98. The Balaban J connectivity index is 2.11. The minimum atomic E-state index is -2.28. The quantitative estimate of drug-likeness (QED) is 0.761. The third-order valence-corrected chi connectivity index (χ3v) is 9.28. The zero-order valence-electron chi connectivity index (χ0n) is 11.9. The van der Waals surface area contributed by atoms with Gasteiger partial charge in [0.2, 0.25) is 0 Å². The molecule has 2 fully saturated rings. The zero-order chi connectivity index (χ0) is 13.5. The Bertz CT molecular complexity index is 505. The summed E-state index contributed by atoms with van der Waals surface area (Å²) >= 11 is 0. The highest BCUT2D eigenvalue weighted by molar-refractivity contribution is 7.73. The van der Waals surface area contributed by atoms with Gasteiger partial charge in [0.05, 0.1) is 12.4 Å². The van der Waals surface area contributed by atoms with Crippen molar-refractivity contribution in [3.8, 4) is 5.75 Å². The molecule has 2 aliphatic heterocycles. The third-order valence-electron chi connectivity index (χ3n) is 4.95. The Hall–Kier alpha value is -0.750. The molecule has 1 aromatic carbocycles. The molecule has 2 atom stereocenters. The lowest BCUT2D eigenvalue weighted by Gasteiger charge is -2.25. The van der Waals surface area contributed by atoms with Crippen molar-refractivity contribution >= 4 is 12.4 Å². The van der Waals surface area contributed by atoms with Gasteiger partial charge in [-0.15, -0.1) is 0 Å². The lowest BCUT2D eigenvalue weighted by molar-refractivity contribution is 0.417. The lowest BCUT2D eigenvalue weighted by Crippen LogP contribution is -2.19. The van der Waals surface area contributed by atoms with Gasteiger partial charge in [-0.25, -0.2) is 0 Å². The van der Waals surface area contributed by atoms with Gasteiger partial charge in [-0.3, -0.25) is 0 Å². The Morgan fingerprint density at radius 2 is 1.74 bits per heavy atom.